The van der Waals surface area contributed by atoms with Gasteiger partial charge in [0.05, 0.1) is 5.54 Å². The van der Waals surface area contributed by atoms with Crippen molar-refractivity contribution in [2.75, 3.05) is 0 Å². The number of nitrogens with zero attached hydrogens (tertiary/aromatic N) is 1. The number of hydrogen-bond acceptors (Lipinski definition) is 1. The van der Waals surface area contributed by atoms with Gasteiger partial charge in [-0.3, -0.25) is 0 Å². The highest BCUT2D eigenvalue weighted by Crippen LogP contribution is 2.33. The fourth-order valence-corrected chi connectivity index (χ4v) is 2.87. The molecule has 3 rings (SSSR count). The summed E-state index contributed by atoms with van der Waals surface area (Å²) < 4.78 is 2.44. The Morgan fingerprint density at radius 1 is 1.28 bits per heavy atom. The van der Waals surface area contributed by atoms with Crippen LogP contribution in [-0.4, -0.2) is 4.57 Å². The van der Waals surface area contributed by atoms with E-state index in [9.17, 15) is 0 Å². The van der Waals surface area contributed by atoms with Crippen LogP contribution in [0.25, 0.3) is 10.9 Å². The fraction of sp³-hybridized carbons (Fsp3) is 0.500. The van der Waals surface area contributed by atoms with Crippen molar-refractivity contribution in [2.24, 2.45) is 11.7 Å². The third-order valence-electron chi connectivity index (χ3n) is 4.14. The van der Waals surface area contributed by atoms with Gasteiger partial charge in [-0.25, -0.2) is 0 Å². The van der Waals surface area contributed by atoms with Gasteiger partial charge < -0.3 is 10.3 Å². The molecular weight excluding hydrogens is 220 g/mol. The Morgan fingerprint density at radius 2 is 2.00 bits per heavy atom. The van der Waals surface area contributed by atoms with Crippen LogP contribution in [0.15, 0.2) is 30.3 Å². The van der Waals surface area contributed by atoms with Gasteiger partial charge in [0, 0.05) is 17.8 Å². The molecule has 2 nitrogen and oxygen atoms in total. The Bertz CT molecular complexity index is 556. The van der Waals surface area contributed by atoms with E-state index in [1.165, 1.54) is 35.9 Å². The molecule has 0 amide bonds. The zero-order valence-electron chi connectivity index (χ0n) is 11.3. The van der Waals surface area contributed by atoms with E-state index in [4.69, 9.17) is 5.73 Å². The summed E-state index contributed by atoms with van der Waals surface area (Å²) in [6.45, 7) is 5.32. The summed E-state index contributed by atoms with van der Waals surface area (Å²) in [4.78, 5) is 0. The fourth-order valence-electron chi connectivity index (χ4n) is 2.87. The Labute approximate surface area is 109 Å². The summed E-state index contributed by atoms with van der Waals surface area (Å²) in [7, 11) is 0. The molecule has 1 fully saturated rings. The summed E-state index contributed by atoms with van der Waals surface area (Å²) in [6.07, 6.45) is 4.14. The van der Waals surface area contributed by atoms with Gasteiger partial charge in [0.1, 0.15) is 0 Å². The third-order valence-corrected chi connectivity index (χ3v) is 4.14. The van der Waals surface area contributed by atoms with Crippen molar-refractivity contribution in [2.45, 2.75) is 45.2 Å². The molecule has 1 aliphatic carbocycles. The first-order valence-electron chi connectivity index (χ1n) is 6.93. The largest absolute Gasteiger partial charge is 0.343 e. The summed E-state index contributed by atoms with van der Waals surface area (Å²) in [5, 5.41) is 1.31. The van der Waals surface area contributed by atoms with Crippen molar-refractivity contribution in [3.63, 3.8) is 0 Å². The van der Waals surface area contributed by atoms with Crippen LogP contribution in [-0.2, 0) is 12.1 Å². The zero-order valence-corrected chi connectivity index (χ0v) is 11.3. The number of hydrogen-bond donors (Lipinski definition) is 1. The molecule has 0 radical (unpaired) electrons. The molecular formula is C16H22N2. The molecule has 96 valence electrons. The monoisotopic (exact) mass is 242 g/mol. The summed E-state index contributed by atoms with van der Waals surface area (Å²) in [6, 6.07) is 10.9. The number of benzene rings is 1. The lowest BCUT2D eigenvalue weighted by atomic mass is 9.85. The third kappa shape index (κ3) is 1.95. The average Bonchev–Trinajstić information content (AvgIpc) is 2.62. The second kappa shape index (κ2) is 4.13. The van der Waals surface area contributed by atoms with E-state index in [-0.39, 0.29) is 5.54 Å². The normalized spacial score (nSPS) is 17.1. The number of fused-ring (bicyclic) bond motifs is 1. The second-order valence-corrected chi connectivity index (χ2v) is 6.22. The van der Waals surface area contributed by atoms with E-state index < -0.39 is 0 Å². The maximum atomic E-state index is 6.34. The van der Waals surface area contributed by atoms with Crippen LogP contribution in [0.1, 0.15) is 38.8 Å². The predicted molar refractivity (Wildman–Crippen MR) is 76.5 cm³/mol. The topological polar surface area (TPSA) is 30.9 Å². The van der Waals surface area contributed by atoms with Gasteiger partial charge in [-0.1, -0.05) is 24.6 Å². The van der Waals surface area contributed by atoms with E-state index in [2.05, 4.69) is 48.7 Å². The van der Waals surface area contributed by atoms with E-state index in [1.807, 2.05) is 0 Å². The number of nitrogens with two attached hydrogens (primary N) is 1. The minimum Gasteiger partial charge on any atom is -0.343 e. The van der Waals surface area contributed by atoms with E-state index in [0.29, 0.717) is 0 Å². The summed E-state index contributed by atoms with van der Waals surface area (Å²) in [5.41, 5.74) is 8.65. The Morgan fingerprint density at radius 3 is 2.61 bits per heavy atom. The lowest BCUT2D eigenvalue weighted by Crippen LogP contribution is -2.33. The SMILES string of the molecule is CC(C)(N)c1cc2ccccc2n1CC1CCC1. The highest BCUT2D eigenvalue weighted by atomic mass is 15.0. The Kier molecular flexibility index (Phi) is 2.70. The molecule has 2 heteroatoms. The van der Waals surface area contributed by atoms with Gasteiger partial charge in [0.15, 0.2) is 0 Å². The quantitative estimate of drug-likeness (QED) is 0.875. The molecule has 2 N–H and O–H groups in total. The lowest BCUT2D eigenvalue weighted by molar-refractivity contribution is 0.273. The smallest absolute Gasteiger partial charge is 0.0506 e. The molecule has 2 aromatic rings. The van der Waals surface area contributed by atoms with Gasteiger partial charge >= 0.3 is 0 Å². The average molecular weight is 242 g/mol. The van der Waals surface area contributed by atoms with Gasteiger partial charge in [-0.05, 0) is 50.1 Å². The summed E-state index contributed by atoms with van der Waals surface area (Å²) in [5.74, 6) is 0.849. The van der Waals surface area contributed by atoms with Crippen molar-refractivity contribution in [1.82, 2.24) is 4.57 Å². The Balaban J connectivity index is 2.11. The van der Waals surface area contributed by atoms with Crippen molar-refractivity contribution < 1.29 is 0 Å². The molecule has 1 heterocycles. The molecule has 0 atom stereocenters. The maximum absolute atomic E-state index is 6.34. The van der Waals surface area contributed by atoms with Crippen LogP contribution < -0.4 is 5.73 Å². The van der Waals surface area contributed by atoms with Crippen LogP contribution in [0.4, 0.5) is 0 Å². The highest BCUT2D eigenvalue weighted by molar-refractivity contribution is 5.81. The lowest BCUT2D eigenvalue weighted by Gasteiger charge is -2.29. The first kappa shape index (κ1) is 11.8. The van der Waals surface area contributed by atoms with Crippen LogP contribution in [0.3, 0.4) is 0 Å². The highest BCUT2D eigenvalue weighted by Gasteiger charge is 2.25. The molecule has 0 bridgehead atoms. The molecule has 1 aromatic heterocycles. The molecule has 0 unspecified atom stereocenters. The first-order valence-corrected chi connectivity index (χ1v) is 6.93. The Hall–Kier alpha value is -1.28. The molecule has 0 aliphatic heterocycles. The molecule has 0 spiro atoms. The van der Waals surface area contributed by atoms with Gasteiger partial charge in [-0.15, -0.1) is 0 Å². The van der Waals surface area contributed by atoms with Crippen LogP contribution in [0, 0.1) is 5.92 Å². The van der Waals surface area contributed by atoms with Gasteiger partial charge in [0.25, 0.3) is 0 Å². The number of para-hydroxylation sites is 1. The van der Waals surface area contributed by atoms with Gasteiger partial charge in [0.2, 0.25) is 0 Å². The summed E-state index contributed by atoms with van der Waals surface area (Å²) >= 11 is 0. The zero-order chi connectivity index (χ0) is 12.8. The second-order valence-electron chi connectivity index (χ2n) is 6.22. The molecule has 18 heavy (non-hydrogen) atoms. The van der Waals surface area contributed by atoms with E-state index >= 15 is 0 Å². The van der Waals surface area contributed by atoms with Crippen LogP contribution in [0.2, 0.25) is 0 Å². The van der Waals surface area contributed by atoms with Crippen molar-refractivity contribution in [3.05, 3.63) is 36.0 Å². The minimum atomic E-state index is -0.275. The minimum absolute atomic E-state index is 0.275. The van der Waals surface area contributed by atoms with Crippen LogP contribution >= 0.6 is 0 Å². The van der Waals surface area contributed by atoms with Crippen molar-refractivity contribution >= 4 is 10.9 Å². The van der Waals surface area contributed by atoms with Crippen molar-refractivity contribution in [3.8, 4) is 0 Å². The van der Waals surface area contributed by atoms with E-state index in [0.717, 1.165) is 12.5 Å². The van der Waals surface area contributed by atoms with Crippen LogP contribution in [0.5, 0.6) is 0 Å². The molecule has 0 saturated heterocycles. The molecule has 1 aromatic carbocycles. The predicted octanol–water partition coefficient (Wildman–Crippen LogP) is 3.64. The van der Waals surface area contributed by atoms with E-state index in [1.54, 1.807) is 0 Å². The first-order chi connectivity index (χ1) is 8.55. The maximum Gasteiger partial charge on any atom is 0.0506 e. The van der Waals surface area contributed by atoms with Crippen molar-refractivity contribution in [1.29, 1.82) is 0 Å². The van der Waals surface area contributed by atoms with Gasteiger partial charge in [-0.2, -0.15) is 0 Å². The molecule has 1 saturated carbocycles. The standard InChI is InChI=1S/C16H22N2/c1-16(2,17)15-10-13-8-3-4-9-14(13)18(15)11-12-6-5-7-12/h3-4,8-10,12H,5-7,11,17H2,1-2H3. The number of aromatic nitrogens is 1. The number of rotatable bonds is 3. The molecule has 1 aliphatic rings.